The third-order valence-electron chi connectivity index (χ3n) is 4.90. The van der Waals surface area contributed by atoms with Gasteiger partial charge in [0.05, 0.1) is 6.61 Å². The van der Waals surface area contributed by atoms with Gasteiger partial charge in [-0.3, -0.25) is 0 Å². The molecule has 1 aliphatic rings. The van der Waals surface area contributed by atoms with Crippen LogP contribution in [0.3, 0.4) is 0 Å². The molecule has 0 heterocycles. The Morgan fingerprint density at radius 1 is 1.24 bits per heavy atom. The smallest absolute Gasteiger partial charge is 0.124 e. The molecule has 1 aromatic rings. The lowest BCUT2D eigenvalue weighted by Crippen LogP contribution is -2.29. The Bertz CT molecular complexity index is 418. The van der Waals surface area contributed by atoms with Gasteiger partial charge in [-0.15, -0.1) is 0 Å². The lowest BCUT2D eigenvalue weighted by atomic mass is 9.75. The molecule has 1 saturated carbocycles. The third kappa shape index (κ3) is 4.23. The van der Waals surface area contributed by atoms with Gasteiger partial charge >= 0.3 is 0 Å². The van der Waals surface area contributed by atoms with Gasteiger partial charge in [-0.05, 0) is 44.2 Å². The van der Waals surface area contributed by atoms with E-state index < -0.39 is 0 Å². The van der Waals surface area contributed by atoms with Gasteiger partial charge in [-0.1, -0.05) is 51.3 Å². The van der Waals surface area contributed by atoms with Crippen molar-refractivity contribution >= 4 is 0 Å². The SMILES string of the molecule is CCCOc1ccccc1C(NC)C1CCCC(CC)C1. The van der Waals surface area contributed by atoms with E-state index in [-0.39, 0.29) is 0 Å². The summed E-state index contributed by atoms with van der Waals surface area (Å²) in [5.74, 6) is 2.71. The Hall–Kier alpha value is -1.02. The lowest BCUT2D eigenvalue weighted by Gasteiger charge is -2.35. The maximum Gasteiger partial charge on any atom is 0.124 e. The van der Waals surface area contributed by atoms with Crippen molar-refractivity contribution in [2.45, 2.75) is 58.4 Å². The molecule has 1 fully saturated rings. The Balaban J connectivity index is 2.16. The van der Waals surface area contributed by atoms with Crippen LogP contribution in [0.1, 0.15) is 64.0 Å². The number of nitrogens with one attached hydrogen (secondary N) is 1. The van der Waals surface area contributed by atoms with Gasteiger partial charge in [0.15, 0.2) is 0 Å². The fraction of sp³-hybridized carbons (Fsp3) is 0.684. The first-order valence-electron chi connectivity index (χ1n) is 8.69. The molecule has 0 bridgehead atoms. The van der Waals surface area contributed by atoms with E-state index in [1.54, 1.807) is 0 Å². The van der Waals surface area contributed by atoms with Crippen molar-refractivity contribution in [1.29, 1.82) is 0 Å². The first-order chi connectivity index (χ1) is 10.3. The number of para-hydroxylation sites is 1. The van der Waals surface area contributed by atoms with Crippen LogP contribution in [0.15, 0.2) is 24.3 Å². The Morgan fingerprint density at radius 2 is 2.05 bits per heavy atom. The van der Waals surface area contributed by atoms with Gasteiger partial charge in [0.2, 0.25) is 0 Å². The third-order valence-corrected chi connectivity index (χ3v) is 4.90. The normalized spacial score (nSPS) is 23.8. The molecule has 0 amide bonds. The van der Waals surface area contributed by atoms with E-state index in [4.69, 9.17) is 4.74 Å². The van der Waals surface area contributed by atoms with Gasteiger partial charge in [-0.25, -0.2) is 0 Å². The van der Waals surface area contributed by atoms with Crippen molar-refractivity contribution < 1.29 is 4.74 Å². The molecule has 0 saturated heterocycles. The second kappa shape index (κ2) is 8.43. The molecule has 118 valence electrons. The Kier molecular flexibility index (Phi) is 6.56. The van der Waals surface area contributed by atoms with Crippen LogP contribution in [0.2, 0.25) is 0 Å². The minimum atomic E-state index is 0.424. The molecule has 0 spiro atoms. The average Bonchev–Trinajstić information content (AvgIpc) is 2.55. The summed E-state index contributed by atoms with van der Waals surface area (Å²) in [6.45, 7) is 5.29. The second-order valence-corrected chi connectivity index (χ2v) is 6.35. The van der Waals surface area contributed by atoms with Crippen molar-refractivity contribution in [3.05, 3.63) is 29.8 Å². The highest BCUT2D eigenvalue weighted by Gasteiger charge is 2.29. The van der Waals surface area contributed by atoms with Crippen LogP contribution in [-0.2, 0) is 0 Å². The zero-order valence-corrected chi connectivity index (χ0v) is 13.9. The van der Waals surface area contributed by atoms with Gasteiger partial charge in [0.1, 0.15) is 5.75 Å². The molecule has 3 atom stereocenters. The highest BCUT2D eigenvalue weighted by atomic mass is 16.5. The molecule has 1 aliphatic carbocycles. The van der Waals surface area contributed by atoms with Gasteiger partial charge < -0.3 is 10.1 Å². The molecule has 2 heteroatoms. The Morgan fingerprint density at radius 3 is 2.76 bits per heavy atom. The van der Waals surface area contributed by atoms with Crippen molar-refractivity contribution in [2.75, 3.05) is 13.7 Å². The number of ether oxygens (including phenoxy) is 1. The molecule has 2 rings (SSSR count). The zero-order valence-electron chi connectivity index (χ0n) is 13.9. The van der Waals surface area contributed by atoms with Crippen LogP contribution >= 0.6 is 0 Å². The second-order valence-electron chi connectivity index (χ2n) is 6.35. The fourth-order valence-electron chi connectivity index (χ4n) is 3.73. The minimum absolute atomic E-state index is 0.424. The predicted molar refractivity (Wildman–Crippen MR) is 89.8 cm³/mol. The van der Waals surface area contributed by atoms with Gasteiger partial charge in [0.25, 0.3) is 0 Å². The first-order valence-corrected chi connectivity index (χ1v) is 8.69. The summed E-state index contributed by atoms with van der Waals surface area (Å²) in [5, 5.41) is 3.57. The standard InChI is InChI=1S/C19H31NO/c1-4-13-21-18-12-7-6-11-17(18)19(20-3)16-10-8-9-15(5-2)14-16/h6-7,11-12,15-16,19-20H,4-5,8-10,13-14H2,1-3H3. The number of hydrogen-bond donors (Lipinski definition) is 1. The van der Waals surface area contributed by atoms with E-state index >= 15 is 0 Å². The van der Waals surface area contributed by atoms with E-state index in [1.807, 2.05) is 0 Å². The molecule has 2 nitrogen and oxygen atoms in total. The zero-order chi connectivity index (χ0) is 15.1. The topological polar surface area (TPSA) is 21.3 Å². The van der Waals surface area contributed by atoms with E-state index in [1.165, 1.54) is 37.7 Å². The molecule has 0 radical (unpaired) electrons. The number of rotatable bonds is 7. The van der Waals surface area contributed by atoms with Crippen molar-refractivity contribution in [3.63, 3.8) is 0 Å². The average molecular weight is 289 g/mol. The van der Waals surface area contributed by atoms with E-state index in [0.29, 0.717) is 6.04 Å². The van der Waals surface area contributed by atoms with Crippen LogP contribution in [0, 0.1) is 11.8 Å². The summed E-state index contributed by atoms with van der Waals surface area (Å²) in [5.41, 5.74) is 1.34. The maximum absolute atomic E-state index is 5.97. The molecular formula is C19H31NO. The summed E-state index contributed by atoms with van der Waals surface area (Å²) in [4.78, 5) is 0. The van der Waals surface area contributed by atoms with E-state index in [9.17, 15) is 0 Å². The van der Waals surface area contributed by atoms with Crippen LogP contribution in [-0.4, -0.2) is 13.7 Å². The van der Waals surface area contributed by atoms with Gasteiger partial charge in [0, 0.05) is 11.6 Å². The molecule has 0 aliphatic heterocycles. The first kappa shape index (κ1) is 16.4. The van der Waals surface area contributed by atoms with E-state index in [0.717, 1.165) is 30.6 Å². The van der Waals surface area contributed by atoms with Crippen molar-refractivity contribution in [2.24, 2.45) is 11.8 Å². The molecule has 21 heavy (non-hydrogen) atoms. The van der Waals surface area contributed by atoms with Crippen LogP contribution in [0.25, 0.3) is 0 Å². The van der Waals surface area contributed by atoms with Gasteiger partial charge in [-0.2, -0.15) is 0 Å². The van der Waals surface area contributed by atoms with Crippen molar-refractivity contribution in [3.8, 4) is 5.75 Å². The fourth-order valence-corrected chi connectivity index (χ4v) is 3.73. The molecule has 1 N–H and O–H groups in total. The number of hydrogen-bond acceptors (Lipinski definition) is 2. The summed E-state index contributed by atoms with van der Waals surface area (Å²) >= 11 is 0. The highest BCUT2D eigenvalue weighted by molar-refractivity contribution is 5.36. The Labute approximate surface area is 130 Å². The summed E-state index contributed by atoms with van der Waals surface area (Å²) < 4.78 is 5.97. The highest BCUT2D eigenvalue weighted by Crippen LogP contribution is 2.40. The summed E-state index contributed by atoms with van der Waals surface area (Å²) in [7, 11) is 2.09. The van der Waals surface area contributed by atoms with Crippen molar-refractivity contribution in [1.82, 2.24) is 5.32 Å². The lowest BCUT2D eigenvalue weighted by molar-refractivity contribution is 0.210. The molecule has 3 unspecified atom stereocenters. The predicted octanol–water partition coefficient (Wildman–Crippen LogP) is 4.95. The largest absolute Gasteiger partial charge is 0.493 e. The maximum atomic E-state index is 5.97. The monoisotopic (exact) mass is 289 g/mol. The molecular weight excluding hydrogens is 258 g/mol. The minimum Gasteiger partial charge on any atom is -0.493 e. The quantitative estimate of drug-likeness (QED) is 0.766. The van der Waals surface area contributed by atoms with Crippen LogP contribution < -0.4 is 10.1 Å². The molecule has 0 aromatic heterocycles. The molecule has 1 aromatic carbocycles. The van der Waals surface area contributed by atoms with Crippen LogP contribution in [0.5, 0.6) is 5.75 Å². The summed E-state index contributed by atoms with van der Waals surface area (Å²) in [6, 6.07) is 9.00. The number of benzene rings is 1. The van der Waals surface area contributed by atoms with Crippen LogP contribution in [0.4, 0.5) is 0 Å². The van der Waals surface area contributed by atoms with E-state index in [2.05, 4.69) is 50.5 Å². The summed E-state index contributed by atoms with van der Waals surface area (Å²) in [6.07, 6.45) is 7.85.